The third-order valence-electron chi connectivity index (χ3n) is 7.36. The molecule has 0 N–H and O–H groups in total. The molecule has 0 radical (unpaired) electrons. The smallest absolute Gasteiger partial charge is 0.246 e. The van der Waals surface area contributed by atoms with Crippen LogP contribution in [0.4, 0.5) is 4.39 Å². The number of halogens is 2. The van der Waals surface area contributed by atoms with Gasteiger partial charge in [0.2, 0.25) is 5.91 Å². The lowest BCUT2D eigenvalue weighted by atomic mass is 10.1. The van der Waals surface area contributed by atoms with Crippen LogP contribution >= 0.6 is 11.6 Å². The largest absolute Gasteiger partial charge is 0.334 e. The van der Waals surface area contributed by atoms with Gasteiger partial charge in [-0.25, -0.2) is 4.39 Å². The molecule has 0 unspecified atom stereocenters. The van der Waals surface area contributed by atoms with E-state index in [2.05, 4.69) is 35.5 Å². The number of carbonyl (C=O) groups is 1. The van der Waals surface area contributed by atoms with Gasteiger partial charge in [0.15, 0.2) is 0 Å². The Hall–Kier alpha value is -2.25. The molecular formula is C29H38ClFN4O. The summed E-state index contributed by atoms with van der Waals surface area (Å²) in [5.74, 6) is -0.178. The van der Waals surface area contributed by atoms with Gasteiger partial charge in [0.25, 0.3) is 0 Å². The first-order chi connectivity index (χ1) is 17.3. The third-order valence-corrected chi connectivity index (χ3v) is 7.59. The van der Waals surface area contributed by atoms with Gasteiger partial charge in [-0.2, -0.15) is 0 Å². The lowest BCUT2D eigenvalue weighted by Gasteiger charge is -2.39. The van der Waals surface area contributed by atoms with Crippen molar-refractivity contribution in [2.75, 3.05) is 45.8 Å². The van der Waals surface area contributed by atoms with Crippen molar-refractivity contribution in [1.29, 1.82) is 0 Å². The molecule has 0 spiro atoms. The molecule has 2 heterocycles. The molecule has 0 aromatic heterocycles. The molecule has 0 bridgehead atoms. The number of carbonyl (C=O) groups excluding carboxylic acids is 1. The van der Waals surface area contributed by atoms with Crippen LogP contribution in [0.25, 0.3) is 6.08 Å². The summed E-state index contributed by atoms with van der Waals surface area (Å²) >= 11 is 6.33. The molecule has 2 aliphatic heterocycles. The average Bonchev–Trinajstić information content (AvgIpc) is 2.85. The molecule has 2 aliphatic rings. The van der Waals surface area contributed by atoms with Crippen LogP contribution < -0.4 is 0 Å². The molecule has 7 heteroatoms. The van der Waals surface area contributed by atoms with Gasteiger partial charge in [0.1, 0.15) is 5.82 Å². The summed E-state index contributed by atoms with van der Waals surface area (Å²) in [6.45, 7) is 14.7. The zero-order valence-electron chi connectivity index (χ0n) is 21.7. The van der Waals surface area contributed by atoms with E-state index >= 15 is 0 Å². The second-order valence-electron chi connectivity index (χ2n) is 10.3. The number of piperazine rings is 2. The van der Waals surface area contributed by atoms with E-state index in [1.54, 1.807) is 6.08 Å². The number of hydrogen-bond acceptors (Lipinski definition) is 4. The van der Waals surface area contributed by atoms with Gasteiger partial charge in [-0.05, 0) is 67.8 Å². The molecule has 2 saturated heterocycles. The van der Waals surface area contributed by atoms with Gasteiger partial charge in [-0.1, -0.05) is 29.8 Å². The topological polar surface area (TPSA) is 30.0 Å². The van der Waals surface area contributed by atoms with Crippen LogP contribution in [-0.2, 0) is 17.9 Å². The first kappa shape index (κ1) is 26.8. The molecule has 2 fully saturated rings. The fourth-order valence-electron chi connectivity index (χ4n) is 5.16. The van der Waals surface area contributed by atoms with Crippen molar-refractivity contribution in [1.82, 2.24) is 19.6 Å². The monoisotopic (exact) mass is 512 g/mol. The van der Waals surface area contributed by atoms with Crippen LogP contribution in [0, 0.1) is 5.82 Å². The van der Waals surface area contributed by atoms with Crippen LogP contribution in [0.3, 0.4) is 0 Å². The van der Waals surface area contributed by atoms with Crippen LogP contribution in [0.5, 0.6) is 0 Å². The van der Waals surface area contributed by atoms with E-state index in [1.807, 2.05) is 41.3 Å². The maximum absolute atomic E-state index is 13.2. The molecular weight excluding hydrogens is 475 g/mol. The van der Waals surface area contributed by atoms with Crippen molar-refractivity contribution in [2.45, 2.75) is 45.9 Å². The Morgan fingerprint density at radius 3 is 2.36 bits per heavy atom. The summed E-state index contributed by atoms with van der Waals surface area (Å²) in [5, 5.41) is 0.722. The Balaban J connectivity index is 1.34. The number of benzene rings is 2. The number of rotatable bonds is 7. The van der Waals surface area contributed by atoms with Crippen LogP contribution in [-0.4, -0.2) is 83.4 Å². The minimum Gasteiger partial charge on any atom is -0.334 e. The summed E-state index contributed by atoms with van der Waals surface area (Å²) in [4.78, 5) is 22.3. The highest BCUT2D eigenvalue weighted by Gasteiger charge is 2.26. The highest BCUT2D eigenvalue weighted by Crippen LogP contribution is 2.21. The maximum Gasteiger partial charge on any atom is 0.246 e. The summed E-state index contributed by atoms with van der Waals surface area (Å²) in [6.07, 6.45) is 3.64. The summed E-state index contributed by atoms with van der Waals surface area (Å²) in [5.41, 5.74) is 3.28. The van der Waals surface area contributed by atoms with E-state index in [0.29, 0.717) is 12.6 Å². The molecule has 1 amide bonds. The number of amides is 1. The quantitative estimate of drug-likeness (QED) is 0.501. The minimum atomic E-state index is -0.216. The molecule has 1 atom stereocenters. The summed E-state index contributed by atoms with van der Waals surface area (Å²) in [7, 11) is 0. The van der Waals surface area contributed by atoms with Crippen molar-refractivity contribution < 1.29 is 9.18 Å². The molecule has 5 nitrogen and oxygen atoms in total. The van der Waals surface area contributed by atoms with Gasteiger partial charge in [-0.3, -0.25) is 19.5 Å². The zero-order chi connectivity index (χ0) is 25.7. The van der Waals surface area contributed by atoms with E-state index in [-0.39, 0.29) is 17.8 Å². The Labute approximate surface area is 220 Å². The van der Waals surface area contributed by atoms with E-state index in [1.165, 1.54) is 12.1 Å². The molecule has 0 saturated carbocycles. The van der Waals surface area contributed by atoms with E-state index in [4.69, 9.17) is 11.6 Å². The summed E-state index contributed by atoms with van der Waals surface area (Å²) < 4.78 is 13.2. The first-order valence-corrected chi connectivity index (χ1v) is 13.4. The number of nitrogens with zero attached hydrogens (tertiary/aromatic N) is 4. The van der Waals surface area contributed by atoms with Crippen molar-refractivity contribution >= 4 is 23.6 Å². The van der Waals surface area contributed by atoms with Gasteiger partial charge in [0.05, 0.1) is 0 Å². The highest BCUT2D eigenvalue weighted by molar-refractivity contribution is 6.30. The Bertz CT molecular complexity index is 1050. The van der Waals surface area contributed by atoms with E-state index in [0.717, 1.165) is 74.1 Å². The van der Waals surface area contributed by atoms with Gasteiger partial charge < -0.3 is 4.90 Å². The molecule has 2 aromatic rings. The van der Waals surface area contributed by atoms with Crippen LogP contribution in [0.2, 0.25) is 5.02 Å². The molecule has 2 aromatic carbocycles. The van der Waals surface area contributed by atoms with Crippen molar-refractivity contribution in [3.8, 4) is 0 Å². The molecule has 4 rings (SSSR count). The van der Waals surface area contributed by atoms with E-state index < -0.39 is 0 Å². The highest BCUT2D eigenvalue weighted by atomic mass is 35.5. The van der Waals surface area contributed by atoms with Crippen LogP contribution in [0.15, 0.2) is 48.5 Å². The van der Waals surface area contributed by atoms with Crippen molar-refractivity contribution in [3.63, 3.8) is 0 Å². The molecule has 0 aliphatic carbocycles. The minimum absolute atomic E-state index is 0.0374. The lowest BCUT2D eigenvalue weighted by Crippen LogP contribution is -2.53. The number of hydrogen-bond donors (Lipinski definition) is 0. The summed E-state index contributed by atoms with van der Waals surface area (Å²) in [6, 6.07) is 13.3. The predicted molar refractivity (Wildman–Crippen MR) is 145 cm³/mol. The normalized spacial score (nSPS) is 20.5. The van der Waals surface area contributed by atoms with E-state index in [9.17, 15) is 9.18 Å². The second-order valence-corrected chi connectivity index (χ2v) is 10.8. The maximum atomic E-state index is 13.2. The fourth-order valence-corrected chi connectivity index (χ4v) is 5.36. The zero-order valence-corrected chi connectivity index (χ0v) is 22.4. The van der Waals surface area contributed by atoms with Crippen molar-refractivity contribution in [2.24, 2.45) is 0 Å². The van der Waals surface area contributed by atoms with Gasteiger partial charge >= 0.3 is 0 Å². The second kappa shape index (κ2) is 12.3. The average molecular weight is 513 g/mol. The fraction of sp³-hybridized carbons (Fsp3) is 0.483. The third kappa shape index (κ3) is 7.16. The first-order valence-electron chi connectivity index (χ1n) is 13.0. The molecule has 194 valence electrons. The standard InChI is InChI=1S/C29H38ClFN4O/c1-22(2)34-15-12-32(13-16-34)21-26-18-27(30)8-6-25(26)7-11-29(36)35-17-14-33(19-23(35)3)20-24-4-9-28(31)10-5-24/h4-11,18,22-23H,12-17,19-21H2,1-3H3/b11-7+/t23-/m1/s1. The van der Waals surface area contributed by atoms with Gasteiger partial charge in [-0.15, -0.1) is 0 Å². The van der Waals surface area contributed by atoms with Crippen molar-refractivity contribution in [3.05, 3.63) is 76.1 Å². The Morgan fingerprint density at radius 1 is 1.00 bits per heavy atom. The predicted octanol–water partition coefficient (Wildman–Crippen LogP) is 4.75. The lowest BCUT2D eigenvalue weighted by molar-refractivity contribution is -0.130. The van der Waals surface area contributed by atoms with Crippen LogP contribution in [0.1, 0.15) is 37.5 Å². The Kier molecular flexibility index (Phi) is 9.18. The Morgan fingerprint density at radius 2 is 1.69 bits per heavy atom. The SMILES string of the molecule is CC(C)N1CCN(Cc2cc(Cl)ccc2/C=C/C(=O)N2CCN(Cc3ccc(F)cc3)C[C@H]2C)CC1. The van der Waals surface area contributed by atoms with Gasteiger partial charge in [0, 0.05) is 82.1 Å². The molecule has 36 heavy (non-hydrogen) atoms.